The van der Waals surface area contributed by atoms with Gasteiger partial charge in [-0.2, -0.15) is 0 Å². The van der Waals surface area contributed by atoms with Crippen molar-refractivity contribution in [1.29, 1.82) is 0 Å². The molecule has 2 aliphatic heterocycles. The topological polar surface area (TPSA) is 106 Å². The van der Waals surface area contributed by atoms with Crippen LogP contribution in [0.3, 0.4) is 0 Å². The summed E-state index contributed by atoms with van der Waals surface area (Å²) in [5, 5.41) is 8.57. The summed E-state index contributed by atoms with van der Waals surface area (Å²) in [6, 6.07) is 11.4. The van der Waals surface area contributed by atoms with Crippen LogP contribution in [-0.4, -0.2) is 32.3 Å². The van der Waals surface area contributed by atoms with Crippen molar-refractivity contribution < 1.29 is 32.2 Å². The van der Waals surface area contributed by atoms with Gasteiger partial charge in [-0.3, -0.25) is 10.1 Å². The van der Waals surface area contributed by atoms with Gasteiger partial charge in [0.25, 0.3) is 5.91 Å². The lowest BCUT2D eigenvalue weighted by atomic mass is 9.86. The highest BCUT2D eigenvalue weighted by Gasteiger charge is 2.43. The molecule has 9 nitrogen and oxygen atoms in total. The Bertz CT molecular complexity index is 1610. The third-order valence-corrected chi connectivity index (χ3v) is 7.66. The molecule has 5 rings (SSSR count). The molecule has 2 aliphatic rings. The van der Waals surface area contributed by atoms with Crippen LogP contribution in [-0.2, 0) is 38.4 Å². The van der Waals surface area contributed by atoms with Crippen LogP contribution in [0.25, 0.3) is 0 Å². The molecule has 0 saturated heterocycles. The van der Waals surface area contributed by atoms with E-state index in [9.17, 15) is 13.6 Å². The Morgan fingerprint density at radius 1 is 1.02 bits per heavy atom. The fourth-order valence-electron chi connectivity index (χ4n) is 5.58. The lowest BCUT2D eigenvalue weighted by Gasteiger charge is -2.26. The summed E-state index contributed by atoms with van der Waals surface area (Å²) >= 11 is 0. The zero-order valence-electron chi connectivity index (χ0n) is 25.3. The van der Waals surface area contributed by atoms with E-state index < -0.39 is 29.4 Å². The minimum atomic E-state index is -0.851. The van der Waals surface area contributed by atoms with Crippen LogP contribution in [0.5, 0.6) is 0 Å². The summed E-state index contributed by atoms with van der Waals surface area (Å²) in [4.78, 5) is 17.6. The minimum Gasteiger partial charge on any atom is -0.481 e. The van der Waals surface area contributed by atoms with Gasteiger partial charge in [-0.1, -0.05) is 18.2 Å². The number of aliphatic imine (C=N–C) groups is 1. The lowest BCUT2D eigenvalue weighted by Crippen LogP contribution is -2.47. The Kier molecular flexibility index (Phi) is 8.06. The molecular weight excluding hydrogens is 558 g/mol. The number of carbonyl (C=O) groups excluding carboxylic acids is 1. The van der Waals surface area contributed by atoms with E-state index in [0.29, 0.717) is 12.2 Å². The van der Waals surface area contributed by atoms with Crippen molar-refractivity contribution in [2.75, 3.05) is 14.2 Å². The van der Waals surface area contributed by atoms with Crippen LogP contribution in [0.15, 0.2) is 63.5 Å². The number of nitrogens with one attached hydrogen (secondary N) is 3. The van der Waals surface area contributed by atoms with Gasteiger partial charge in [0, 0.05) is 18.5 Å². The number of ether oxygens (including phenoxy) is 3. The van der Waals surface area contributed by atoms with Gasteiger partial charge in [-0.25, -0.2) is 13.8 Å². The van der Waals surface area contributed by atoms with E-state index in [1.807, 2.05) is 0 Å². The molecule has 3 N–H and O–H groups in total. The largest absolute Gasteiger partial charge is 0.481 e. The summed E-state index contributed by atoms with van der Waals surface area (Å²) in [6.45, 7) is 10.2. The van der Waals surface area contributed by atoms with Crippen molar-refractivity contribution in [3.63, 3.8) is 0 Å². The molecular formula is C32H36F2N4O5. The predicted molar refractivity (Wildman–Crippen MR) is 156 cm³/mol. The Hall–Kier alpha value is -4.22. The molecule has 0 spiro atoms. The van der Waals surface area contributed by atoms with Gasteiger partial charge in [0.2, 0.25) is 11.8 Å². The molecule has 11 heteroatoms. The number of aryl methyl sites for hydroxylation is 1. The van der Waals surface area contributed by atoms with Crippen LogP contribution in [0.1, 0.15) is 71.8 Å². The molecule has 43 heavy (non-hydrogen) atoms. The quantitative estimate of drug-likeness (QED) is 0.328. The molecule has 3 aromatic rings. The van der Waals surface area contributed by atoms with Crippen molar-refractivity contribution in [3.8, 4) is 0 Å². The smallest absolute Gasteiger partial charge is 0.291 e. The molecule has 0 fully saturated rings. The zero-order chi connectivity index (χ0) is 31.1. The predicted octanol–water partition coefficient (Wildman–Crippen LogP) is 5.22. The number of carbonyl (C=O) groups is 1. The van der Waals surface area contributed by atoms with E-state index in [4.69, 9.17) is 18.6 Å². The first-order chi connectivity index (χ1) is 20.3. The Labute approximate surface area is 249 Å². The zero-order valence-corrected chi connectivity index (χ0v) is 25.3. The van der Waals surface area contributed by atoms with Gasteiger partial charge in [0.15, 0.2) is 17.7 Å². The maximum Gasteiger partial charge on any atom is 0.291 e. The van der Waals surface area contributed by atoms with Crippen molar-refractivity contribution in [1.82, 2.24) is 16.0 Å². The van der Waals surface area contributed by atoms with E-state index in [1.165, 1.54) is 38.0 Å². The fraction of sp³-hybridized carbons (Fsp3) is 0.375. The summed E-state index contributed by atoms with van der Waals surface area (Å²) < 4.78 is 51.2. The minimum absolute atomic E-state index is 0.0451. The number of hydrogen-bond donors (Lipinski definition) is 3. The van der Waals surface area contributed by atoms with Gasteiger partial charge in [0.1, 0.15) is 17.4 Å². The molecule has 0 radical (unpaired) electrons. The molecule has 0 bridgehead atoms. The molecule has 1 unspecified atom stereocenters. The highest BCUT2D eigenvalue weighted by molar-refractivity contribution is 6.02. The standard InChI is InChI=1S/C32H36F2N4O5/c1-17-13-21-22(32(4,5)43-31(21,2)3)15-18(17)14-19-11-12-25(42-19)27(39)36-26-28(40-6)37-30(38-29(26)41-7)35-16-20-23(33)9-8-10-24(20)34/h8-13,15,30,35,37H,14,16H2,1-7H3,(H,36,39). The van der Waals surface area contributed by atoms with Crippen LogP contribution in [0.2, 0.25) is 0 Å². The lowest BCUT2D eigenvalue weighted by molar-refractivity contribution is -0.105. The third kappa shape index (κ3) is 6.00. The first kappa shape index (κ1) is 30.2. The molecule has 1 atom stereocenters. The average molecular weight is 595 g/mol. The number of fused-ring (bicyclic) bond motifs is 1. The summed E-state index contributed by atoms with van der Waals surface area (Å²) in [5.41, 5.74) is 3.73. The van der Waals surface area contributed by atoms with Crippen LogP contribution in [0, 0.1) is 18.6 Å². The molecule has 1 amide bonds. The maximum absolute atomic E-state index is 14.1. The second-order valence-corrected chi connectivity index (χ2v) is 11.5. The number of furan rings is 1. The molecule has 0 aliphatic carbocycles. The first-order valence-corrected chi connectivity index (χ1v) is 13.9. The normalized spacial score (nSPS) is 18.5. The third-order valence-electron chi connectivity index (χ3n) is 7.66. The molecule has 228 valence electrons. The van der Waals surface area contributed by atoms with Crippen molar-refractivity contribution in [3.05, 3.63) is 105 Å². The number of methoxy groups -OCH3 is 2. The van der Waals surface area contributed by atoms with Crippen LogP contribution >= 0.6 is 0 Å². The number of rotatable bonds is 8. The van der Waals surface area contributed by atoms with Gasteiger partial charge in [0.05, 0.1) is 25.4 Å². The van der Waals surface area contributed by atoms with Crippen molar-refractivity contribution in [2.45, 2.75) is 65.1 Å². The van der Waals surface area contributed by atoms with E-state index in [-0.39, 0.29) is 40.9 Å². The Morgan fingerprint density at radius 3 is 2.35 bits per heavy atom. The first-order valence-electron chi connectivity index (χ1n) is 13.9. The Morgan fingerprint density at radius 2 is 1.70 bits per heavy atom. The molecule has 1 aromatic heterocycles. The van der Waals surface area contributed by atoms with Gasteiger partial charge >= 0.3 is 0 Å². The van der Waals surface area contributed by atoms with Crippen molar-refractivity contribution in [2.24, 2.45) is 4.99 Å². The summed E-state index contributed by atoms with van der Waals surface area (Å²) in [7, 11) is 2.78. The molecule has 0 saturated carbocycles. The highest BCUT2D eigenvalue weighted by atomic mass is 19.1. The van der Waals surface area contributed by atoms with E-state index in [2.05, 4.69) is 67.7 Å². The molecule has 3 heterocycles. The maximum atomic E-state index is 14.1. The van der Waals surface area contributed by atoms with Crippen molar-refractivity contribution >= 4 is 11.8 Å². The number of benzene rings is 2. The monoisotopic (exact) mass is 594 g/mol. The molecule has 2 aromatic carbocycles. The average Bonchev–Trinajstić information content (AvgIpc) is 3.48. The van der Waals surface area contributed by atoms with Gasteiger partial charge in [-0.15, -0.1) is 0 Å². The summed E-state index contributed by atoms with van der Waals surface area (Å²) in [6.07, 6.45) is -0.353. The number of hydrogen-bond acceptors (Lipinski definition) is 8. The second kappa shape index (κ2) is 11.5. The fourth-order valence-corrected chi connectivity index (χ4v) is 5.58. The number of amides is 1. The highest BCUT2D eigenvalue weighted by Crippen LogP contribution is 2.47. The van der Waals surface area contributed by atoms with E-state index >= 15 is 0 Å². The number of nitrogens with zero attached hydrogens (tertiary/aromatic N) is 1. The van der Waals surface area contributed by atoms with Gasteiger partial charge in [-0.05, 0) is 81.1 Å². The Balaban J connectivity index is 1.29. The SMILES string of the molecule is COC1=NC(NCc2c(F)cccc2F)NC(OC)=C1NC(=O)c1ccc(Cc2cc3c(cc2C)C(C)(C)OC3(C)C)o1. The summed E-state index contributed by atoms with van der Waals surface area (Å²) in [5.74, 6) is -1.00. The van der Waals surface area contributed by atoms with E-state index in [1.54, 1.807) is 12.1 Å². The van der Waals surface area contributed by atoms with Crippen LogP contribution < -0.4 is 16.0 Å². The van der Waals surface area contributed by atoms with Crippen LogP contribution in [0.4, 0.5) is 8.78 Å². The number of halogens is 2. The second-order valence-electron chi connectivity index (χ2n) is 11.5. The van der Waals surface area contributed by atoms with E-state index in [0.717, 1.165) is 16.7 Å². The van der Waals surface area contributed by atoms with Gasteiger partial charge < -0.3 is 29.3 Å².